The summed E-state index contributed by atoms with van der Waals surface area (Å²) in [5.74, 6) is 0.669. The van der Waals surface area contributed by atoms with Crippen molar-refractivity contribution in [1.82, 2.24) is 4.90 Å². The minimum Gasteiger partial charge on any atom is -0.345 e. The Balaban J connectivity index is 2.55. The molecule has 0 heterocycles. The first-order valence-electron chi connectivity index (χ1n) is 6.04. The van der Waals surface area contributed by atoms with E-state index in [1.807, 2.05) is 31.3 Å². The van der Waals surface area contributed by atoms with Crippen LogP contribution in [-0.2, 0) is 17.8 Å². The quantitative estimate of drug-likeness (QED) is 0.844. The first kappa shape index (κ1) is 13.7. The van der Waals surface area contributed by atoms with Crippen LogP contribution < -0.4 is 5.73 Å². The maximum absolute atomic E-state index is 11.9. The number of nitrogens with zero attached hydrogens (tertiary/aromatic N) is 1. The molecular formula is C14H22N2O. The van der Waals surface area contributed by atoms with Crippen molar-refractivity contribution in [1.29, 1.82) is 0 Å². The van der Waals surface area contributed by atoms with E-state index in [9.17, 15) is 4.79 Å². The standard InChI is InChI=1S/C14H22N2O/c1-11(2)10-16(3)14(17)8-12-4-6-13(9-15)7-5-12/h4-7,11H,8-10,15H2,1-3H3. The van der Waals surface area contributed by atoms with Crippen molar-refractivity contribution in [3.8, 4) is 0 Å². The van der Waals surface area contributed by atoms with E-state index < -0.39 is 0 Å². The van der Waals surface area contributed by atoms with Gasteiger partial charge in [-0.15, -0.1) is 0 Å². The Morgan fingerprint density at radius 1 is 1.24 bits per heavy atom. The van der Waals surface area contributed by atoms with Crippen molar-refractivity contribution < 1.29 is 4.79 Å². The molecule has 0 unspecified atom stereocenters. The van der Waals surface area contributed by atoms with Gasteiger partial charge in [0.05, 0.1) is 6.42 Å². The third-order valence-corrected chi connectivity index (χ3v) is 2.68. The number of benzene rings is 1. The van der Waals surface area contributed by atoms with E-state index in [-0.39, 0.29) is 5.91 Å². The summed E-state index contributed by atoms with van der Waals surface area (Å²) in [5, 5.41) is 0. The highest BCUT2D eigenvalue weighted by atomic mass is 16.2. The van der Waals surface area contributed by atoms with Crippen LogP contribution in [0.1, 0.15) is 25.0 Å². The Bertz CT molecular complexity index is 357. The highest BCUT2D eigenvalue weighted by Crippen LogP contribution is 2.06. The molecular weight excluding hydrogens is 212 g/mol. The molecule has 3 heteroatoms. The predicted octanol–water partition coefficient (Wildman–Crippen LogP) is 1.80. The minimum atomic E-state index is 0.166. The van der Waals surface area contributed by atoms with Crippen LogP contribution in [0.25, 0.3) is 0 Å². The van der Waals surface area contributed by atoms with E-state index in [0.29, 0.717) is 18.9 Å². The number of hydrogen-bond donors (Lipinski definition) is 1. The van der Waals surface area contributed by atoms with Gasteiger partial charge in [-0.1, -0.05) is 38.1 Å². The van der Waals surface area contributed by atoms with Gasteiger partial charge in [0.15, 0.2) is 0 Å². The Morgan fingerprint density at radius 3 is 2.24 bits per heavy atom. The van der Waals surface area contributed by atoms with Crippen molar-refractivity contribution >= 4 is 5.91 Å². The van der Waals surface area contributed by atoms with E-state index >= 15 is 0 Å². The maximum Gasteiger partial charge on any atom is 0.226 e. The van der Waals surface area contributed by atoms with Gasteiger partial charge in [0.2, 0.25) is 5.91 Å². The van der Waals surface area contributed by atoms with E-state index in [0.717, 1.165) is 17.7 Å². The molecule has 1 aromatic rings. The zero-order chi connectivity index (χ0) is 12.8. The Labute approximate surface area is 104 Å². The molecule has 1 amide bonds. The second-order valence-electron chi connectivity index (χ2n) is 4.87. The van der Waals surface area contributed by atoms with Gasteiger partial charge in [-0.2, -0.15) is 0 Å². The van der Waals surface area contributed by atoms with Gasteiger partial charge < -0.3 is 10.6 Å². The van der Waals surface area contributed by atoms with E-state index in [4.69, 9.17) is 5.73 Å². The fraction of sp³-hybridized carbons (Fsp3) is 0.500. The van der Waals surface area contributed by atoms with Crippen LogP contribution in [0.3, 0.4) is 0 Å². The summed E-state index contributed by atoms with van der Waals surface area (Å²) in [6.07, 6.45) is 0.466. The lowest BCUT2D eigenvalue weighted by atomic mass is 10.1. The molecule has 0 saturated heterocycles. The van der Waals surface area contributed by atoms with Crippen LogP contribution in [0.5, 0.6) is 0 Å². The molecule has 0 radical (unpaired) electrons. The molecule has 17 heavy (non-hydrogen) atoms. The molecule has 0 atom stereocenters. The van der Waals surface area contributed by atoms with Crippen LogP contribution in [0, 0.1) is 5.92 Å². The SMILES string of the molecule is CC(C)CN(C)C(=O)Cc1ccc(CN)cc1. The summed E-state index contributed by atoms with van der Waals surface area (Å²) in [6.45, 7) is 5.57. The van der Waals surface area contributed by atoms with Gasteiger partial charge in [0.1, 0.15) is 0 Å². The first-order valence-corrected chi connectivity index (χ1v) is 6.04. The lowest BCUT2D eigenvalue weighted by Crippen LogP contribution is -2.31. The normalized spacial score (nSPS) is 10.6. The molecule has 0 aliphatic heterocycles. The number of carbonyl (C=O) groups excluding carboxylic acids is 1. The van der Waals surface area contributed by atoms with Gasteiger partial charge in [0, 0.05) is 20.1 Å². The summed E-state index contributed by atoms with van der Waals surface area (Å²) < 4.78 is 0. The molecule has 2 N–H and O–H groups in total. The number of likely N-dealkylation sites (N-methyl/N-ethyl adjacent to an activating group) is 1. The van der Waals surface area contributed by atoms with Crippen molar-refractivity contribution in [3.05, 3.63) is 35.4 Å². The molecule has 0 bridgehead atoms. The third-order valence-electron chi connectivity index (χ3n) is 2.68. The first-order chi connectivity index (χ1) is 8.02. The Morgan fingerprint density at radius 2 is 1.76 bits per heavy atom. The van der Waals surface area contributed by atoms with E-state index in [2.05, 4.69) is 13.8 Å². The van der Waals surface area contributed by atoms with Crippen LogP contribution in [0.2, 0.25) is 0 Å². The van der Waals surface area contributed by atoms with Crippen molar-refractivity contribution in [3.63, 3.8) is 0 Å². The van der Waals surface area contributed by atoms with E-state index in [1.54, 1.807) is 4.90 Å². The third kappa shape index (κ3) is 4.57. The number of amides is 1. The molecule has 0 fully saturated rings. The molecule has 1 aromatic carbocycles. The minimum absolute atomic E-state index is 0.166. The van der Waals surface area contributed by atoms with Crippen molar-refractivity contribution in [2.75, 3.05) is 13.6 Å². The fourth-order valence-corrected chi connectivity index (χ4v) is 1.75. The van der Waals surface area contributed by atoms with Crippen molar-refractivity contribution in [2.24, 2.45) is 11.7 Å². The smallest absolute Gasteiger partial charge is 0.226 e. The van der Waals surface area contributed by atoms with Gasteiger partial charge in [-0.3, -0.25) is 4.79 Å². The van der Waals surface area contributed by atoms with Crippen molar-refractivity contribution in [2.45, 2.75) is 26.8 Å². The molecule has 0 saturated carbocycles. The topological polar surface area (TPSA) is 46.3 Å². The second-order valence-corrected chi connectivity index (χ2v) is 4.87. The molecule has 1 rings (SSSR count). The average molecular weight is 234 g/mol. The summed E-state index contributed by atoms with van der Waals surface area (Å²) in [7, 11) is 1.86. The number of rotatable bonds is 5. The fourth-order valence-electron chi connectivity index (χ4n) is 1.75. The zero-order valence-corrected chi connectivity index (χ0v) is 10.9. The van der Waals surface area contributed by atoms with Crippen LogP contribution >= 0.6 is 0 Å². The lowest BCUT2D eigenvalue weighted by molar-refractivity contribution is -0.129. The van der Waals surface area contributed by atoms with Crippen LogP contribution in [-0.4, -0.2) is 24.4 Å². The van der Waals surface area contributed by atoms with Crippen LogP contribution in [0.15, 0.2) is 24.3 Å². The monoisotopic (exact) mass is 234 g/mol. The van der Waals surface area contributed by atoms with Gasteiger partial charge in [-0.25, -0.2) is 0 Å². The average Bonchev–Trinajstić information content (AvgIpc) is 2.29. The molecule has 0 aromatic heterocycles. The largest absolute Gasteiger partial charge is 0.345 e. The molecule has 0 spiro atoms. The number of carbonyl (C=O) groups is 1. The Kier molecular flexibility index (Phi) is 5.16. The molecule has 0 aliphatic rings. The van der Waals surface area contributed by atoms with Gasteiger partial charge in [-0.05, 0) is 17.0 Å². The maximum atomic E-state index is 11.9. The molecule has 94 valence electrons. The molecule has 0 aliphatic carbocycles. The van der Waals surface area contributed by atoms with Gasteiger partial charge in [0.25, 0.3) is 0 Å². The highest BCUT2D eigenvalue weighted by molar-refractivity contribution is 5.78. The molecule has 3 nitrogen and oxygen atoms in total. The number of nitrogens with two attached hydrogens (primary N) is 1. The Hall–Kier alpha value is -1.35. The zero-order valence-electron chi connectivity index (χ0n) is 10.9. The summed E-state index contributed by atoms with van der Waals surface area (Å²) in [4.78, 5) is 13.7. The van der Waals surface area contributed by atoms with Crippen LogP contribution in [0.4, 0.5) is 0 Å². The second kappa shape index (κ2) is 6.40. The predicted molar refractivity (Wildman–Crippen MR) is 70.5 cm³/mol. The lowest BCUT2D eigenvalue weighted by Gasteiger charge is -2.19. The summed E-state index contributed by atoms with van der Waals surface area (Å²) in [5.41, 5.74) is 7.67. The number of hydrogen-bond acceptors (Lipinski definition) is 2. The highest BCUT2D eigenvalue weighted by Gasteiger charge is 2.10. The summed E-state index contributed by atoms with van der Waals surface area (Å²) in [6, 6.07) is 7.91. The van der Waals surface area contributed by atoms with E-state index in [1.165, 1.54) is 0 Å². The van der Waals surface area contributed by atoms with Gasteiger partial charge >= 0.3 is 0 Å². The summed E-state index contributed by atoms with van der Waals surface area (Å²) >= 11 is 0.